The van der Waals surface area contributed by atoms with E-state index in [1.54, 1.807) is 18.2 Å². The van der Waals surface area contributed by atoms with Crippen molar-refractivity contribution >= 4 is 50.3 Å². The van der Waals surface area contributed by atoms with E-state index in [-0.39, 0.29) is 16.0 Å². The van der Waals surface area contributed by atoms with Gasteiger partial charge in [0.25, 0.3) is 15.9 Å². The summed E-state index contributed by atoms with van der Waals surface area (Å²) in [4.78, 5) is 13.5. The molecule has 0 unspecified atom stereocenters. The highest BCUT2D eigenvalue weighted by atomic mass is 32.2. The molecule has 0 aliphatic carbocycles. The van der Waals surface area contributed by atoms with Crippen LogP contribution in [0.2, 0.25) is 0 Å². The van der Waals surface area contributed by atoms with Crippen LogP contribution in [-0.2, 0) is 14.8 Å². The van der Waals surface area contributed by atoms with Gasteiger partial charge in [0.05, 0.1) is 9.80 Å². The molecule has 8 heteroatoms. The van der Waals surface area contributed by atoms with Crippen molar-refractivity contribution in [2.75, 3.05) is 0 Å². The lowest BCUT2D eigenvalue weighted by Crippen LogP contribution is -2.20. The molecule has 1 aromatic heterocycles. The molecule has 0 radical (unpaired) electrons. The van der Waals surface area contributed by atoms with Crippen molar-refractivity contribution in [3.63, 3.8) is 0 Å². The van der Waals surface area contributed by atoms with E-state index in [0.717, 1.165) is 27.8 Å². The number of nitrogens with one attached hydrogen (secondary N) is 1. The van der Waals surface area contributed by atoms with Gasteiger partial charge in [0, 0.05) is 4.88 Å². The largest absolute Gasteiger partial charge is 0.300 e. The number of hydrogen-bond acceptors (Lipinski definition) is 5. The number of nitrogens with zero attached hydrogens (tertiary/aromatic N) is 1. The van der Waals surface area contributed by atoms with Gasteiger partial charge in [0.1, 0.15) is 0 Å². The maximum atomic E-state index is 12.3. The van der Waals surface area contributed by atoms with Gasteiger partial charge in [-0.15, -0.1) is 15.7 Å². The summed E-state index contributed by atoms with van der Waals surface area (Å²) in [6, 6.07) is 8.38. The summed E-state index contributed by atoms with van der Waals surface area (Å²) in [5.74, 6) is -0.342. The fourth-order valence-corrected chi connectivity index (χ4v) is 4.89. The molecule has 1 aliphatic rings. The van der Waals surface area contributed by atoms with Crippen LogP contribution in [-0.4, -0.2) is 19.5 Å². The third-order valence-electron chi connectivity index (χ3n) is 3.34. The number of amidine groups is 1. The minimum absolute atomic E-state index is 0.0704. The number of amides is 1. The van der Waals surface area contributed by atoms with Crippen LogP contribution in [0.15, 0.2) is 49.9 Å². The molecule has 124 valence electrons. The molecule has 5 nitrogen and oxygen atoms in total. The Hall–Kier alpha value is -1.90. The topological polar surface area (TPSA) is 75.6 Å². The van der Waals surface area contributed by atoms with Crippen molar-refractivity contribution in [1.82, 2.24) is 5.32 Å². The minimum atomic E-state index is -3.85. The maximum Gasteiger partial charge on any atom is 0.284 e. The monoisotopic (exact) mass is 378 g/mol. The summed E-state index contributed by atoms with van der Waals surface area (Å²) in [7, 11) is -3.85. The van der Waals surface area contributed by atoms with Gasteiger partial charge in [0.2, 0.25) is 0 Å². The van der Waals surface area contributed by atoms with Crippen molar-refractivity contribution in [3.8, 4) is 0 Å². The Balaban J connectivity index is 1.87. The van der Waals surface area contributed by atoms with Gasteiger partial charge in [-0.1, -0.05) is 17.7 Å². The fraction of sp³-hybridized carbons (Fsp3) is 0.125. The second-order valence-corrected chi connectivity index (χ2v) is 8.80. The van der Waals surface area contributed by atoms with E-state index in [9.17, 15) is 13.2 Å². The first kappa shape index (κ1) is 16.9. The fourth-order valence-electron chi connectivity index (χ4n) is 1.99. The molecular formula is C16H14N2O3S3. The van der Waals surface area contributed by atoms with Gasteiger partial charge < -0.3 is 0 Å². The van der Waals surface area contributed by atoms with Gasteiger partial charge in [-0.2, -0.15) is 8.42 Å². The van der Waals surface area contributed by atoms with Crippen LogP contribution in [0.1, 0.15) is 16.0 Å². The predicted octanol–water partition coefficient (Wildman–Crippen LogP) is 3.31. The van der Waals surface area contributed by atoms with Crippen LogP contribution < -0.4 is 5.32 Å². The summed E-state index contributed by atoms with van der Waals surface area (Å²) in [5, 5.41) is 4.52. The van der Waals surface area contributed by atoms with Gasteiger partial charge >= 0.3 is 0 Å². The van der Waals surface area contributed by atoms with Crippen LogP contribution in [0, 0.1) is 13.8 Å². The molecule has 0 atom stereocenters. The maximum absolute atomic E-state index is 12.3. The molecule has 2 heterocycles. The smallest absolute Gasteiger partial charge is 0.284 e. The number of thiophene rings is 1. The second kappa shape index (κ2) is 6.54. The standard InChI is InChI=1S/C16H14N2O3S3/c1-10-3-5-12(6-4-10)24(20,21)18-16-17-15(19)14(23-16)9-13-11(2)7-8-22-13/h3-9H,1-2H3,(H,17,18,19)/b14-9-. The molecule has 1 aliphatic heterocycles. The minimum Gasteiger partial charge on any atom is -0.300 e. The average molecular weight is 379 g/mol. The molecule has 0 bridgehead atoms. The van der Waals surface area contributed by atoms with Gasteiger partial charge in [-0.25, -0.2) is 0 Å². The zero-order chi connectivity index (χ0) is 17.3. The van der Waals surface area contributed by atoms with Crippen LogP contribution in [0.25, 0.3) is 6.08 Å². The lowest BCUT2D eigenvalue weighted by molar-refractivity contribution is -0.115. The lowest BCUT2D eigenvalue weighted by Gasteiger charge is -2.00. The predicted molar refractivity (Wildman–Crippen MR) is 98.6 cm³/mol. The second-order valence-electron chi connectivity index (χ2n) is 5.22. The number of aryl methyl sites for hydroxylation is 2. The van der Waals surface area contributed by atoms with E-state index >= 15 is 0 Å². The molecule has 3 rings (SSSR count). The van der Waals surface area contributed by atoms with E-state index in [1.807, 2.05) is 25.3 Å². The zero-order valence-electron chi connectivity index (χ0n) is 12.9. The molecule has 0 saturated carbocycles. The Bertz CT molecular complexity index is 955. The Kier molecular flexibility index (Phi) is 4.62. The number of carbonyl (C=O) groups excluding carboxylic acids is 1. The number of thioether (sulfide) groups is 1. The lowest BCUT2D eigenvalue weighted by atomic mass is 10.2. The molecule has 0 spiro atoms. The molecule has 2 aromatic rings. The van der Waals surface area contributed by atoms with E-state index < -0.39 is 10.0 Å². The molecule has 1 aromatic carbocycles. The molecular weight excluding hydrogens is 364 g/mol. The van der Waals surface area contributed by atoms with E-state index in [2.05, 4.69) is 9.71 Å². The summed E-state index contributed by atoms with van der Waals surface area (Å²) < 4.78 is 28.4. The third kappa shape index (κ3) is 3.61. The van der Waals surface area contributed by atoms with E-state index in [1.165, 1.54) is 23.5 Å². The van der Waals surface area contributed by atoms with Gasteiger partial charge in [0.15, 0.2) is 5.17 Å². The SMILES string of the molecule is Cc1ccc(S(=O)(=O)N=C2NC(=O)/C(=C/c3sccc3C)S2)cc1. The average Bonchev–Trinajstić information content (AvgIpc) is 3.06. The van der Waals surface area contributed by atoms with Crippen molar-refractivity contribution in [2.24, 2.45) is 4.40 Å². The van der Waals surface area contributed by atoms with Crippen LogP contribution in [0.3, 0.4) is 0 Å². The van der Waals surface area contributed by atoms with Crippen molar-refractivity contribution in [1.29, 1.82) is 0 Å². The summed E-state index contributed by atoms with van der Waals surface area (Å²) in [6.07, 6.45) is 1.75. The first-order chi connectivity index (χ1) is 11.3. The highest BCUT2D eigenvalue weighted by molar-refractivity contribution is 8.19. The first-order valence-corrected chi connectivity index (χ1v) is 10.2. The van der Waals surface area contributed by atoms with Crippen molar-refractivity contribution in [3.05, 3.63) is 56.6 Å². The van der Waals surface area contributed by atoms with E-state index in [4.69, 9.17) is 0 Å². The Labute approximate surface area is 148 Å². The number of carbonyl (C=O) groups is 1. The van der Waals surface area contributed by atoms with Crippen molar-refractivity contribution in [2.45, 2.75) is 18.7 Å². The van der Waals surface area contributed by atoms with Crippen LogP contribution >= 0.6 is 23.1 Å². The highest BCUT2D eigenvalue weighted by Gasteiger charge is 2.26. The third-order valence-corrected chi connectivity index (χ3v) is 6.62. The van der Waals surface area contributed by atoms with Gasteiger partial charge in [-0.3, -0.25) is 10.1 Å². The molecule has 1 N–H and O–H groups in total. The zero-order valence-corrected chi connectivity index (χ0v) is 15.4. The first-order valence-electron chi connectivity index (χ1n) is 7.02. The summed E-state index contributed by atoms with van der Waals surface area (Å²) in [5.41, 5.74) is 2.03. The quantitative estimate of drug-likeness (QED) is 0.832. The normalized spacial score (nSPS) is 18.3. The van der Waals surface area contributed by atoms with Gasteiger partial charge in [-0.05, 0) is 60.8 Å². The Morgan fingerprint density at radius 3 is 2.46 bits per heavy atom. The Morgan fingerprint density at radius 1 is 1.12 bits per heavy atom. The molecule has 1 fully saturated rings. The molecule has 1 saturated heterocycles. The molecule has 1 amide bonds. The Morgan fingerprint density at radius 2 is 1.83 bits per heavy atom. The summed E-state index contributed by atoms with van der Waals surface area (Å²) in [6.45, 7) is 3.83. The van der Waals surface area contributed by atoms with Crippen LogP contribution in [0.4, 0.5) is 0 Å². The number of sulfonamides is 1. The summed E-state index contributed by atoms with van der Waals surface area (Å²) >= 11 is 2.55. The van der Waals surface area contributed by atoms with Crippen molar-refractivity contribution < 1.29 is 13.2 Å². The van der Waals surface area contributed by atoms with E-state index in [0.29, 0.717) is 4.91 Å². The number of rotatable bonds is 3. The number of hydrogen-bond donors (Lipinski definition) is 1. The highest BCUT2D eigenvalue weighted by Crippen LogP contribution is 2.29. The van der Waals surface area contributed by atoms with Crippen LogP contribution in [0.5, 0.6) is 0 Å². The molecule has 24 heavy (non-hydrogen) atoms. The number of benzene rings is 1.